The van der Waals surface area contributed by atoms with Crippen LogP contribution < -0.4 is 5.69 Å². The number of nitrogens with zero attached hydrogens (tertiary/aromatic N) is 3. The summed E-state index contributed by atoms with van der Waals surface area (Å²) < 4.78 is 2.97. The molecule has 7 heteroatoms. The van der Waals surface area contributed by atoms with Gasteiger partial charge >= 0.3 is 11.7 Å². The van der Waals surface area contributed by atoms with Crippen LogP contribution in [0.2, 0.25) is 0 Å². The number of hydrogen-bond acceptors (Lipinski definition) is 3. The molecule has 1 heterocycles. The SMILES string of the molecule is CC(CN(C(=O)Cn1c(=O)n(C)c2ccccc21)C1CC1)C(=O)O. The number of carboxylic acids is 1. The van der Waals surface area contributed by atoms with Gasteiger partial charge in [-0.3, -0.25) is 18.7 Å². The molecule has 1 aliphatic carbocycles. The average molecular weight is 331 g/mol. The number of aryl methyl sites for hydroxylation is 1. The Balaban J connectivity index is 1.87. The predicted octanol–water partition coefficient (Wildman–Crippen LogP) is 1.05. The number of imidazole rings is 1. The zero-order valence-corrected chi connectivity index (χ0v) is 13.8. The fraction of sp³-hybridized carbons (Fsp3) is 0.471. The van der Waals surface area contributed by atoms with Crippen molar-refractivity contribution in [3.8, 4) is 0 Å². The summed E-state index contributed by atoms with van der Waals surface area (Å²) in [6.45, 7) is 1.70. The molecule has 1 aliphatic rings. The summed E-state index contributed by atoms with van der Waals surface area (Å²) in [4.78, 5) is 37.9. The number of rotatable bonds is 6. The van der Waals surface area contributed by atoms with Crippen molar-refractivity contribution in [2.75, 3.05) is 6.54 Å². The topological polar surface area (TPSA) is 84.5 Å². The molecule has 1 aromatic carbocycles. The molecule has 1 aromatic heterocycles. The van der Waals surface area contributed by atoms with Gasteiger partial charge in [0.15, 0.2) is 0 Å². The van der Waals surface area contributed by atoms with Crippen LogP contribution in [0.5, 0.6) is 0 Å². The van der Waals surface area contributed by atoms with E-state index in [0.717, 1.165) is 18.4 Å². The first-order valence-corrected chi connectivity index (χ1v) is 8.06. The first kappa shape index (κ1) is 16.3. The van der Waals surface area contributed by atoms with E-state index in [-0.39, 0.29) is 30.7 Å². The number of amides is 1. The van der Waals surface area contributed by atoms with Crippen LogP contribution in [0, 0.1) is 5.92 Å². The summed E-state index contributed by atoms with van der Waals surface area (Å²) in [7, 11) is 1.68. The fourth-order valence-electron chi connectivity index (χ4n) is 2.96. The molecule has 1 saturated carbocycles. The Hall–Kier alpha value is -2.57. The highest BCUT2D eigenvalue weighted by molar-refractivity contribution is 5.82. The number of carboxylic acid groups (broad SMARTS) is 1. The molecule has 2 aromatic rings. The molecule has 7 nitrogen and oxygen atoms in total. The maximum atomic E-state index is 12.7. The van der Waals surface area contributed by atoms with Crippen molar-refractivity contribution in [1.29, 1.82) is 0 Å². The molecule has 1 amide bonds. The maximum Gasteiger partial charge on any atom is 0.329 e. The first-order valence-electron chi connectivity index (χ1n) is 8.06. The van der Waals surface area contributed by atoms with Gasteiger partial charge in [-0.25, -0.2) is 4.79 Å². The Kier molecular flexibility index (Phi) is 4.17. The van der Waals surface area contributed by atoms with Gasteiger partial charge in [-0.2, -0.15) is 0 Å². The van der Waals surface area contributed by atoms with Gasteiger partial charge < -0.3 is 10.0 Å². The van der Waals surface area contributed by atoms with E-state index in [0.29, 0.717) is 5.52 Å². The van der Waals surface area contributed by atoms with Gasteiger partial charge in [0.05, 0.1) is 17.0 Å². The van der Waals surface area contributed by atoms with Gasteiger partial charge in [0, 0.05) is 19.6 Å². The largest absolute Gasteiger partial charge is 0.481 e. The molecular weight excluding hydrogens is 310 g/mol. The monoisotopic (exact) mass is 331 g/mol. The summed E-state index contributed by atoms with van der Waals surface area (Å²) in [6.07, 6.45) is 1.78. The normalized spacial score (nSPS) is 15.4. The standard InChI is InChI=1S/C17H21N3O4/c1-11(16(22)23)9-19(12-7-8-12)15(21)10-20-14-6-4-3-5-13(14)18(2)17(20)24/h3-6,11-12H,7-10H2,1-2H3,(H,22,23). The smallest absolute Gasteiger partial charge is 0.329 e. The molecule has 1 atom stereocenters. The zero-order valence-electron chi connectivity index (χ0n) is 13.8. The molecule has 1 unspecified atom stereocenters. The zero-order chi connectivity index (χ0) is 17.4. The molecule has 0 saturated heterocycles. The van der Waals surface area contributed by atoms with Crippen molar-refractivity contribution >= 4 is 22.9 Å². The highest BCUT2D eigenvalue weighted by atomic mass is 16.4. The number of para-hydroxylation sites is 2. The van der Waals surface area contributed by atoms with E-state index in [4.69, 9.17) is 5.11 Å². The molecule has 0 radical (unpaired) electrons. The number of aliphatic carboxylic acids is 1. The van der Waals surface area contributed by atoms with E-state index in [9.17, 15) is 14.4 Å². The van der Waals surface area contributed by atoms with Gasteiger partial charge in [-0.1, -0.05) is 19.1 Å². The molecule has 0 bridgehead atoms. The second-order valence-electron chi connectivity index (χ2n) is 6.43. The lowest BCUT2D eigenvalue weighted by atomic mass is 10.1. The molecule has 3 rings (SSSR count). The van der Waals surface area contributed by atoms with E-state index in [1.165, 1.54) is 9.13 Å². The van der Waals surface area contributed by atoms with Gasteiger partial charge in [-0.15, -0.1) is 0 Å². The van der Waals surface area contributed by atoms with E-state index < -0.39 is 11.9 Å². The molecule has 128 valence electrons. The van der Waals surface area contributed by atoms with Crippen molar-refractivity contribution in [2.24, 2.45) is 13.0 Å². The minimum absolute atomic E-state index is 0.0664. The van der Waals surface area contributed by atoms with Gasteiger partial charge in [-0.05, 0) is 25.0 Å². The molecule has 0 spiro atoms. The van der Waals surface area contributed by atoms with Crippen LogP contribution >= 0.6 is 0 Å². The Bertz CT molecular complexity index is 847. The number of aromatic nitrogens is 2. The average Bonchev–Trinajstić information content (AvgIpc) is 3.37. The number of carbonyl (C=O) groups is 2. The first-order chi connectivity index (χ1) is 11.4. The lowest BCUT2D eigenvalue weighted by molar-refractivity contribution is -0.143. The summed E-state index contributed by atoms with van der Waals surface area (Å²) in [6, 6.07) is 7.42. The molecular formula is C17H21N3O4. The Morgan fingerprint density at radius 1 is 1.29 bits per heavy atom. The summed E-state index contributed by atoms with van der Waals surface area (Å²) in [5.74, 6) is -1.75. The summed E-state index contributed by atoms with van der Waals surface area (Å²) in [5.41, 5.74) is 1.24. The third-order valence-corrected chi connectivity index (χ3v) is 4.55. The fourth-order valence-corrected chi connectivity index (χ4v) is 2.96. The highest BCUT2D eigenvalue weighted by Gasteiger charge is 2.34. The number of fused-ring (bicyclic) bond motifs is 1. The molecule has 24 heavy (non-hydrogen) atoms. The lowest BCUT2D eigenvalue weighted by Crippen LogP contribution is -2.41. The molecule has 1 fully saturated rings. The van der Waals surface area contributed by atoms with Crippen molar-refractivity contribution in [1.82, 2.24) is 14.0 Å². The van der Waals surface area contributed by atoms with Crippen molar-refractivity contribution < 1.29 is 14.7 Å². The highest BCUT2D eigenvalue weighted by Crippen LogP contribution is 2.28. The van der Waals surface area contributed by atoms with Crippen LogP contribution in [0.3, 0.4) is 0 Å². The van der Waals surface area contributed by atoms with Gasteiger partial charge in [0.25, 0.3) is 0 Å². The quantitative estimate of drug-likeness (QED) is 0.857. The Labute approximate surface area is 139 Å². The number of carbonyl (C=O) groups excluding carboxylic acids is 1. The third kappa shape index (κ3) is 2.93. The van der Waals surface area contributed by atoms with Crippen molar-refractivity contribution in [3.63, 3.8) is 0 Å². The van der Waals surface area contributed by atoms with E-state index in [1.54, 1.807) is 18.9 Å². The summed E-state index contributed by atoms with van der Waals surface area (Å²) in [5, 5.41) is 9.10. The maximum absolute atomic E-state index is 12.7. The predicted molar refractivity (Wildman–Crippen MR) is 88.7 cm³/mol. The van der Waals surface area contributed by atoms with Crippen LogP contribution in [-0.2, 0) is 23.2 Å². The van der Waals surface area contributed by atoms with E-state index >= 15 is 0 Å². The van der Waals surface area contributed by atoms with Crippen LogP contribution in [0.4, 0.5) is 0 Å². The second kappa shape index (κ2) is 6.14. The van der Waals surface area contributed by atoms with Crippen LogP contribution in [-0.4, -0.2) is 43.6 Å². The number of benzene rings is 1. The van der Waals surface area contributed by atoms with Gasteiger partial charge in [0.1, 0.15) is 6.54 Å². The minimum Gasteiger partial charge on any atom is -0.481 e. The molecule has 1 N–H and O–H groups in total. The second-order valence-corrected chi connectivity index (χ2v) is 6.43. The minimum atomic E-state index is -0.921. The Morgan fingerprint density at radius 3 is 2.50 bits per heavy atom. The Morgan fingerprint density at radius 2 is 1.92 bits per heavy atom. The van der Waals surface area contributed by atoms with Crippen molar-refractivity contribution in [2.45, 2.75) is 32.4 Å². The van der Waals surface area contributed by atoms with E-state index in [1.807, 2.05) is 24.3 Å². The lowest BCUT2D eigenvalue weighted by Gasteiger charge is -2.24. The third-order valence-electron chi connectivity index (χ3n) is 4.55. The van der Waals surface area contributed by atoms with Crippen LogP contribution in [0.1, 0.15) is 19.8 Å². The van der Waals surface area contributed by atoms with Crippen LogP contribution in [0.25, 0.3) is 11.0 Å². The number of hydrogen-bond donors (Lipinski definition) is 1. The van der Waals surface area contributed by atoms with E-state index in [2.05, 4.69) is 0 Å². The van der Waals surface area contributed by atoms with Crippen molar-refractivity contribution in [3.05, 3.63) is 34.7 Å². The van der Waals surface area contributed by atoms with Crippen LogP contribution in [0.15, 0.2) is 29.1 Å². The van der Waals surface area contributed by atoms with Gasteiger partial charge in [0.2, 0.25) is 5.91 Å². The molecule has 0 aliphatic heterocycles. The summed E-state index contributed by atoms with van der Waals surface area (Å²) >= 11 is 0.